The molecule has 9 nitrogen and oxygen atoms in total. The van der Waals surface area contributed by atoms with E-state index in [1.54, 1.807) is 0 Å². The number of carbonyl (C=O) groups excluding carboxylic acids is 1. The van der Waals surface area contributed by atoms with E-state index in [0.29, 0.717) is 10.2 Å². The summed E-state index contributed by atoms with van der Waals surface area (Å²) in [5, 5.41) is 14.3. The number of aromatic nitrogens is 3. The number of hydrogen-bond acceptors (Lipinski definition) is 7. The number of alkyl halides is 3. The predicted molar refractivity (Wildman–Crippen MR) is 95.3 cm³/mol. The van der Waals surface area contributed by atoms with Crippen molar-refractivity contribution in [3.63, 3.8) is 0 Å². The van der Waals surface area contributed by atoms with Crippen molar-refractivity contribution in [2.24, 2.45) is 0 Å². The molecule has 0 saturated carbocycles. The maximum atomic E-state index is 13.4. The van der Waals surface area contributed by atoms with E-state index < -0.39 is 41.0 Å². The number of carbonyl (C=O) groups is 1. The van der Waals surface area contributed by atoms with Crippen LogP contribution in [0, 0.1) is 10.1 Å². The van der Waals surface area contributed by atoms with Gasteiger partial charge in [-0.15, -0.1) is 0 Å². The second kappa shape index (κ2) is 7.97. The number of rotatable bonds is 6. The fourth-order valence-electron chi connectivity index (χ4n) is 2.63. The van der Waals surface area contributed by atoms with Crippen molar-refractivity contribution in [2.45, 2.75) is 32.7 Å². The molecular weight excluding hydrogens is 409 g/mol. The summed E-state index contributed by atoms with van der Waals surface area (Å²) in [5.74, 6) is -1.01. The monoisotopic (exact) mass is 424 g/mol. The standard InChI is InChI=1S/C18H15F3N4O5/c1-10(2)24-15(18(19,20)21)14(8-23-24)17(26)29-9-13-7-22-16(30-13)11-3-5-12(6-4-11)25(27)28/h3-8,10H,9H2,1-2H3. The van der Waals surface area contributed by atoms with Crippen LogP contribution in [0.15, 0.2) is 41.1 Å². The van der Waals surface area contributed by atoms with E-state index >= 15 is 0 Å². The van der Waals surface area contributed by atoms with Crippen LogP contribution in [0.2, 0.25) is 0 Å². The number of halogens is 3. The Morgan fingerprint density at radius 2 is 1.93 bits per heavy atom. The van der Waals surface area contributed by atoms with Gasteiger partial charge in [-0.3, -0.25) is 14.8 Å². The minimum absolute atomic E-state index is 0.0847. The molecule has 0 saturated heterocycles. The summed E-state index contributed by atoms with van der Waals surface area (Å²) < 4.78 is 51.1. The molecule has 1 aromatic carbocycles. The third kappa shape index (κ3) is 4.31. The first-order chi connectivity index (χ1) is 14.1. The Labute approximate surface area is 167 Å². The van der Waals surface area contributed by atoms with Gasteiger partial charge >= 0.3 is 12.1 Å². The van der Waals surface area contributed by atoms with Gasteiger partial charge in [0.2, 0.25) is 5.89 Å². The van der Waals surface area contributed by atoms with Gasteiger partial charge in [0, 0.05) is 23.7 Å². The Morgan fingerprint density at radius 3 is 2.50 bits per heavy atom. The number of oxazole rings is 1. The summed E-state index contributed by atoms with van der Waals surface area (Å²) in [5.41, 5.74) is -1.56. The number of nitro groups is 1. The molecule has 0 aliphatic carbocycles. The van der Waals surface area contributed by atoms with Gasteiger partial charge < -0.3 is 9.15 Å². The van der Waals surface area contributed by atoms with E-state index in [4.69, 9.17) is 9.15 Å². The molecule has 0 amide bonds. The van der Waals surface area contributed by atoms with Crippen LogP contribution in [0.4, 0.5) is 18.9 Å². The Hall–Kier alpha value is -3.70. The number of nitrogens with zero attached hydrogens (tertiary/aromatic N) is 4. The molecule has 0 unspecified atom stereocenters. The molecule has 30 heavy (non-hydrogen) atoms. The highest BCUT2D eigenvalue weighted by Gasteiger charge is 2.41. The van der Waals surface area contributed by atoms with Crippen molar-refractivity contribution in [3.05, 3.63) is 63.8 Å². The Kier molecular flexibility index (Phi) is 5.58. The lowest BCUT2D eigenvalue weighted by molar-refractivity contribution is -0.384. The highest BCUT2D eigenvalue weighted by Crippen LogP contribution is 2.34. The molecule has 0 atom stereocenters. The minimum atomic E-state index is -4.79. The lowest BCUT2D eigenvalue weighted by Gasteiger charge is -2.14. The Balaban J connectivity index is 1.73. The van der Waals surface area contributed by atoms with E-state index in [-0.39, 0.29) is 17.3 Å². The molecule has 158 valence electrons. The summed E-state index contributed by atoms with van der Waals surface area (Å²) in [7, 11) is 0. The smallest absolute Gasteiger partial charge is 0.433 e. The van der Waals surface area contributed by atoms with Crippen molar-refractivity contribution >= 4 is 11.7 Å². The van der Waals surface area contributed by atoms with E-state index in [1.165, 1.54) is 44.3 Å². The minimum Gasteiger partial charge on any atom is -0.454 e. The first-order valence-corrected chi connectivity index (χ1v) is 8.59. The fourth-order valence-corrected chi connectivity index (χ4v) is 2.63. The van der Waals surface area contributed by atoms with E-state index in [2.05, 4.69) is 10.1 Å². The Morgan fingerprint density at radius 1 is 1.27 bits per heavy atom. The summed E-state index contributed by atoms with van der Waals surface area (Å²) in [6.07, 6.45) is -2.73. The second-order valence-electron chi connectivity index (χ2n) is 6.45. The molecule has 12 heteroatoms. The van der Waals surface area contributed by atoms with Gasteiger partial charge in [0.05, 0.1) is 17.3 Å². The molecule has 0 N–H and O–H groups in total. The van der Waals surface area contributed by atoms with Crippen LogP contribution in [-0.4, -0.2) is 25.7 Å². The maximum absolute atomic E-state index is 13.4. The highest BCUT2D eigenvalue weighted by molar-refractivity contribution is 5.90. The van der Waals surface area contributed by atoms with Gasteiger partial charge in [-0.1, -0.05) is 0 Å². The van der Waals surface area contributed by atoms with Gasteiger partial charge in [0.25, 0.3) is 5.69 Å². The third-order valence-electron chi connectivity index (χ3n) is 4.00. The van der Waals surface area contributed by atoms with Gasteiger partial charge in [0.1, 0.15) is 5.56 Å². The molecule has 0 fully saturated rings. The van der Waals surface area contributed by atoms with E-state index in [1.807, 2.05) is 0 Å². The molecule has 0 aliphatic rings. The molecular formula is C18H15F3N4O5. The van der Waals surface area contributed by atoms with E-state index in [9.17, 15) is 28.1 Å². The maximum Gasteiger partial charge on any atom is 0.433 e. The molecule has 0 radical (unpaired) electrons. The summed E-state index contributed by atoms with van der Waals surface area (Å²) >= 11 is 0. The molecule has 0 aliphatic heterocycles. The molecule has 3 rings (SSSR count). The molecule has 2 heterocycles. The molecule has 3 aromatic rings. The van der Waals surface area contributed by atoms with Gasteiger partial charge in [-0.2, -0.15) is 18.3 Å². The van der Waals surface area contributed by atoms with Crippen LogP contribution in [0.25, 0.3) is 11.5 Å². The molecule has 0 bridgehead atoms. The number of nitro benzene ring substituents is 1. The quantitative estimate of drug-likeness (QED) is 0.327. The van der Waals surface area contributed by atoms with Crippen LogP contribution in [0.1, 0.15) is 41.7 Å². The van der Waals surface area contributed by atoms with Gasteiger partial charge in [-0.05, 0) is 26.0 Å². The second-order valence-corrected chi connectivity index (χ2v) is 6.45. The van der Waals surface area contributed by atoms with Gasteiger partial charge in [-0.25, -0.2) is 9.78 Å². The van der Waals surface area contributed by atoms with Crippen molar-refractivity contribution in [1.82, 2.24) is 14.8 Å². The van der Waals surface area contributed by atoms with Crippen LogP contribution < -0.4 is 0 Å². The van der Waals surface area contributed by atoms with E-state index in [0.717, 1.165) is 6.20 Å². The zero-order valence-corrected chi connectivity index (χ0v) is 15.7. The highest BCUT2D eigenvalue weighted by atomic mass is 19.4. The number of ether oxygens (including phenoxy) is 1. The summed E-state index contributed by atoms with van der Waals surface area (Å²) in [6, 6.07) is 4.78. The first-order valence-electron chi connectivity index (χ1n) is 8.59. The van der Waals surface area contributed by atoms with Crippen molar-refractivity contribution < 1.29 is 32.0 Å². The zero-order valence-electron chi connectivity index (χ0n) is 15.7. The third-order valence-corrected chi connectivity index (χ3v) is 4.00. The fraction of sp³-hybridized carbons (Fsp3) is 0.278. The molecule has 2 aromatic heterocycles. The van der Waals surface area contributed by atoms with Crippen LogP contribution in [-0.2, 0) is 17.5 Å². The average Bonchev–Trinajstić information content (AvgIpc) is 3.33. The van der Waals surface area contributed by atoms with Crippen LogP contribution in [0.5, 0.6) is 0 Å². The lowest BCUT2D eigenvalue weighted by atomic mass is 10.2. The predicted octanol–water partition coefficient (Wildman–Crippen LogP) is 4.40. The van der Waals surface area contributed by atoms with Crippen molar-refractivity contribution in [3.8, 4) is 11.5 Å². The van der Waals surface area contributed by atoms with Crippen molar-refractivity contribution in [2.75, 3.05) is 0 Å². The van der Waals surface area contributed by atoms with Crippen LogP contribution >= 0.6 is 0 Å². The van der Waals surface area contributed by atoms with Crippen LogP contribution in [0.3, 0.4) is 0 Å². The topological polar surface area (TPSA) is 113 Å². The number of esters is 1. The number of hydrogen-bond donors (Lipinski definition) is 0. The first kappa shape index (κ1) is 21.0. The largest absolute Gasteiger partial charge is 0.454 e. The zero-order chi connectivity index (χ0) is 22.1. The van der Waals surface area contributed by atoms with Gasteiger partial charge in [0.15, 0.2) is 18.1 Å². The summed E-state index contributed by atoms with van der Waals surface area (Å²) in [6.45, 7) is 2.56. The number of non-ortho nitro benzene ring substituents is 1. The summed E-state index contributed by atoms with van der Waals surface area (Å²) in [4.78, 5) is 26.3. The lowest BCUT2D eigenvalue weighted by Crippen LogP contribution is -2.20. The normalized spacial score (nSPS) is 11.7. The molecule has 0 spiro atoms. The SMILES string of the molecule is CC(C)n1ncc(C(=O)OCc2cnc(-c3ccc([N+](=O)[O-])cc3)o2)c1C(F)(F)F. The van der Waals surface area contributed by atoms with Crippen molar-refractivity contribution in [1.29, 1.82) is 0 Å². The average molecular weight is 424 g/mol. The Bertz CT molecular complexity index is 1070. The number of benzene rings is 1.